The molecule has 0 aliphatic rings. The van der Waals surface area contributed by atoms with E-state index in [4.69, 9.17) is 23.2 Å². The SMILES string of the molecule is Oc1ccc(/C=C/c2ccc(Cl)c(Cl)c2)cc1CNCc1cccc(C(F)(F)F)c1. The summed E-state index contributed by atoms with van der Waals surface area (Å²) in [4.78, 5) is 0. The van der Waals surface area contributed by atoms with Gasteiger partial charge in [-0.15, -0.1) is 0 Å². The second kappa shape index (κ2) is 9.56. The van der Waals surface area contributed by atoms with Gasteiger partial charge in [-0.05, 0) is 47.0 Å². The van der Waals surface area contributed by atoms with Crippen LogP contribution in [0.3, 0.4) is 0 Å². The molecule has 2 N–H and O–H groups in total. The lowest BCUT2D eigenvalue weighted by molar-refractivity contribution is -0.137. The summed E-state index contributed by atoms with van der Waals surface area (Å²) in [6.07, 6.45) is -0.632. The molecule has 0 aliphatic carbocycles. The van der Waals surface area contributed by atoms with Crippen LogP contribution in [0, 0.1) is 0 Å². The van der Waals surface area contributed by atoms with Gasteiger partial charge in [-0.1, -0.05) is 65.7 Å². The topological polar surface area (TPSA) is 32.3 Å². The zero-order valence-corrected chi connectivity index (χ0v) is 17.2. The number of benzene rings is 3. The van der Waals surface area contributed by atoms with Gasteiger partial charge < -0.3 is 10.4 Å². The molecule has 3 aromatic carbocycles. The largest absolute Gasteiger partial charge is 0.508 e. The minimum atomic E-state index is -4.37. The lowest BCUT2D eigenvalue weighted by Gasteiger charge is -2.11. The molecule has 3 rings (SSSR count). The first-order valence-electron chi connectivity index (χ1n) is 9.04. The second-order valence-corrected chi connectivity index (χ2v) is 7.51. The van der Waals surface area contributed by atoms with E-state index in [9.17, 15) is 18.3 Å². The highest BCUT2D eigenvalue weighted by Gasteiger charge is 2.30. The molecule has 0 aliphatic heterocycles. The van der Waals surface area contributed by atoms with Gasteiger partial charge in [-0.2, -0.15) is 13.2 Å². The Hall–Kier alpha value is -2.47. The van der Waals surface area contributed by atoms with Crippen LogP contribution in [-0.4, -0.2) is 5.11 Å². The summed E-state index contributed by atoms with van der Waals surface area (Å²) in [5.41, 5.74) is 2.20. The van der Waals surface area contributed by atoms with Crippen molar-refractivity contribution in [3.63, 3.8) is 0 Å². The third kappa shape index (κ3) is 6.02. The van der Waals surface area contributed by atoms with E-state index in [1.807, 2.05) is 24.3 Å². The Kier molecular flexibility index (Phi) is 7.08. The summed E-state index contributed by atoms with van der Waals surface area (Å²) >= 11 is 11.9. The molecule has 0 fully saturated rings. The number of aromatic hydroxyl groups is 1. The lowest BCUT2D eigenvalue weighted by atomic mass is 10.1. The molecular weight excluding hydrogens is 434 g/mol. The van der Waals surface area contributed by atoms with Gasteiger partial charge in [0.1, 0.15) is 5.75 Å². The van der Waals surface area contributed by atoms with Gasteiger partial charge in [-0.25, -0.2) is 0 Å². The number of rotatable bonds is 6. The van der Waals surface area contributed by atoms with Crippen LogP contribution in [0.15, 0.2) is 60.7 Å². The second-order valence-electron chi connectivity index (χ2n) is 6.70. The molecule has 0 aromatic heterocycles. The van der Waals surface area contributed by atoms with E-state index in [1.54, 1.807) is 30.3 Å². The Morgan fingerprint density at radius 1 is 0.833 bits per heavy atom. The predicted octanol–water partition coefficient (Wildman–Crippen LogP) is 7.18. The summed E-state index contributed by atoms with van der Waals surface area (Å²) in [5.74, 6) is 0.109. The Morgan fingerprint density at radius 2 is 1.53 bits per heavy atom. The van der Waals surface area contributed by atoms with Crippen molar-refractivity contribution in [3.05, 3.63) is 98.5 Å². The van der Waals surface area contributed by atoms with Crippen molar-refractivity contribution < 1.29 is 18.3 Å². The minimum absolute atomic E-state index is 0.109. The van der Waals surface area contributed by atoms with Crippen molar-refractivity contribution in [1.82, 2.24) is 5.32 Å². The first-order chi connectivity index (χ1) is 14.2. The van der Waals surface area contributed by atoms with Crippen molar-refractivity contribution in [2.45, 2.75) is 19.3 Å². The summed E-state index contributed by atoms with van der Waals surface area (Å²) in [6, 6.07) is 15.6. The summed E-state index contributed by atoms with van der Waals surface area (Å²) in [7, 11) is 0. The molecular formula is C23H18Cl2F3NO. The van der Waals surface area contributed by atoms with Crippen molar-refractivity contribution in [2.24, 2.45) is 0 Å². The average molecular weight is 452 g/mol. The van der Waals surface area contributed by atoms with Crippen LogP contribution in [0.5, 0.6) is 5.75 Å². The molecule has 0 saturated heterocycles. The number of phenols is 1. The first-order valence-corrected chi connectivity index (χ1v) is 9.80. The van der Waals surface area contributed by atoms with Gasteiger partial charge in [0.15, 0.2) is 0 Å². The summed E-state index contributed by atoms with van der Waals surface area (Å²) in [5, 5.41) is 14.1. The number of nitrogens with one attached hydrogen (secondary N) is 1. The molecule has 0 heterocycles. The fourth-order valence-corrected chi connectivity index (χ4v) is 3.16. The van der Waals surface area contributed by atoms with E-state index >= 15 is 0 Å². The molecule has 0 bridgehead atoms. The Labute approximate surface area is 182 Å². The fraction of sp³-hybridized carbons (Fsp3) is 0.130. The summed E-state index contributed by atoms with van der Waals surface area (Å²) < 4.78 is 38.4. The fourth-order valence-electron chi connectivity index (χ4n) is 2.86. The highest BCUT2D eigenvalue weighted by Crippen LogP contribution is 2.29. The van der Waals surface area contributed by atoms with Crippen molar-refractivity contribution >= 4 is 35.4 Å². The molecule has 7 heteroatoms. The van der Waals surface area contributed by atoms with Crippen LogP contribution in [0.25, 0.3) is 12.2 Å². The van der Waals surface area contributed by atoms with Crippen molar-refractivity contribution in [1.29, 1.82) is 0 Å². The first kappa shape index (κ1) is 22.2. The normalized spacial score (nSPS) is 11.9. The van der Waals surface area contributed by atoms with E-state index in [0.717, 1.165) is 23.3 Å². The molecule has 0 amide bonds. The van der Waals surface area contributed by atoms with E-state index in [2.05, 4.69) is 5.32 Å². The van der Waals surface area contributed by atoms with Gasteiger partial charge in [0, 0.05) is 18.7 Å². The lowest BCUT2D eigenvalue weighted by Crippen LogP contribution is -2.14. The van der Waals surface area contributed by atoms with Crippen LogP contribution in [0.1, 0.15) is 27.8 Å². The van der Waals surface area contributed by atoms with E-state index < -0.39 is 11.7 Å². The Balaban J connectivity index is 1.65. The number of halogens is 5. The van der Waals surface area contributed by atoms with E-state index in [-0.39, 0.29) is 12.3 Å². The van der Waals surface area contributed by atoms with Crippen LogP contribution in [0.2, 0.25) is 10.0 Å². The minimum Gasteiger partial charge on any atom is -0.508 e. The molecule has 156 valence electrons. The van der Waals surface area contributed by atoms with Crippen molar-refractivity contribution in [3.8, 4) is 5.75 Å². The smallest absolute Gasteiger partial charge is 0.416 e. The molecule has 0 atom stereocenters. The summed E-state index contributed by atoms with van der Waals surface area (Å²) in [6.45, 7) is 0.545. The van der Waals surface area contributed by atoms with Gasteiger partial charge in [0.25, 0.3) is 0 Å². The molecule has 30 heavy (non-hydrogen) atoms. The van der Waals surface area contributed by atoms with E-state index in [0.29, 0.717) is 27.7 Å². The molecule has 0 unspecified atom stereocenters. The Bertz CT molecular complexity index is 1060. The van der Waals surface area contributed by atoms with E-state index in [1.165, 1.54) is 6.07 Å². The van der Waals surface area contributed by atoms with Gasteiger partial charge in [-0.3, -0.25) is 0 Å². The maximum Gasteiger partial charge on any atom is 0.416 e. The number of hydrogen-bond acceptors (Lipinski definition) is 2. The molecule has 0 radical (unpaired) electrons. The molecule has 0 spiro atoms. The maximum atomic E-state index is 12.8. The van der Waals surface area contributed by atoms with Crippen LogP contribution >= 0.6 is 23.2 Å². The monoisotopic (exact) mass is 451 g/mol. The zero-order valence-electron chi connectivity index (χ0n) is 15.7. The van der Waals surface area contributed by atoms with Crippen molar-refractivity contribution in [2.75, 3.05) is 0 Å². The van der Waals surface area contributed by atoms with Crippen LogP contribution in [-0.2, 0) is 19.3 Å². The zero-order chi connectivity index (χ0) is 21.7. The third-order valence-corrected chi connectivity index (χ3v) is 5.15. The maximum absolute atomic E-state index is 12.8. The van der Waals surface area contributed by atoms with Gasteiger partial charge >= 0.3 is 6.18 Å². The molecule has 2 nitrogen and oxygen atoms in total. The number of phenolic OH excluding ortho intramolecular Hbond substituents is 1. The predicted molar refractivity (Wildman–Crippen MR) is 115 cm³/mol. The highest BCUT2D eigenvalue weighted by molar-refractivity contribution is 6.42. The van der Waals surface area contributed by atoms with Crippen LogP contribution in [0.4, 0.5) is 13.2 Å². The quantitative estimate of drug-likeness (QED) is 0.389. The van der Waals surface area contributed by atoms with Crippen LogP contribution < -0.4 is 5.32 Å². The number of hydrogen-bond donors (Lipinski definition) is 2. The molecule has 3 aromatic rings. The van der Waals surface area contributed by atoms with Gasteiger partial charge in [0.05, 0.1) is 15.6 Å². The highest BCUT2D eigenvalue weighted by atomic mass is 35.5. The van der Waals surface area contributed by atoms with Gasteiger partial charge in [0.2, 0.25) is 0 Å². The third-order valence-electron chi connectivity index (χ3n) is 4.41. The Morgan fingerprint density at radius 3 is 2.23 bits per heavy atom. The standard InChI is InChI=1S/C23H18Cl2F3NO/c24-20-8-6-16(12-21(20)25)5-4-15-7-9-22(30)18(10-15)14-29-13-17-2-1-3-19(11-17)23(26,27)28/h1-12,29-30H,13-14H2/b5-4+. The molecule has 0 saturated carbocycles. The average Bonchev–Trinajstić information content (AvgIpc) is 2.70. The number of alkyl halides is 3.